The van der Waals surface area contributed by atoms with E-state index in [9.17, 15) is 19.2 Å². The van der Waals surface area contributed by atoms with Gasteiger partial charge in [0, 0.05) is 6.42 Å². The summed E-state index contributed by atoms with van der Waals surface area (Å²) in [6.07, 6.45) is -1.68. The van der Waals surface area contributed by atoms with Gasteiger partial charge in [-0.25, -0.2) is 14.4 Å². The summed E-state index contributed by atoms with van der Waals surface area (Å²) in [5.74, 6) is -0.848. The lowest BCUT2D eigenvalue weighted by molar-refractivity contribution is -0.146. The van der Waals surface area contributed by atoms with Gasteiger partial charge < -0.3 is 19.0 Å². The van der Waals surface area contributed by atoms with Crippen molar-refractivity contribution in [2.75, 3.05) is 7.11 Å². The molecule has 2 amide bonds. The van der Waals surface area contributed by atoms with E-state index in [1.807, 2.05) is 6.07 Å². The molecule has 0 N–H and O–H groups in total. The van der Waals surface area contributed by atoms with E-state index >= 15 is 0 Å². The zero-order chi connectivity index (χ0) is 20.4. The van der Waals surface area contributed by atoms with Gasteiger partial charge in [-0.05, 0) is 32.8 Å². The fraction of sp³-hybridized carbons (Fsp3) is 0.474. The molecule has 8 nitrogen and oxygen atoms in total. The minimum atomic E-state index is -1.33. The number of aldehydes is 1. The van der Waals surface area contributed by atoms with Crippen LogP contribution in [0.3, 0.4) is 0 Å². The normalized spacial score (nSPS) is 11.9. The van der Waals surface area contributed by atoms with E-state index in [1.54, 1.807) is 45.0 Å². The summed E-state index contributed by atoms with van der Waals surface area (Å²) >= 11 is 0. The molecule has 0 saturated carbocycles. The van der Waals surface area contributed by atoms with Gasteiger partial charge in [0.25, 0.3) is 0 Å². The van der Waals surface area contributed by atoms with Gasteiger partial charge in [-0.3, -0.25) is 0 Å². The number of imide groups is 1. The summed E-state index contributed by atoms with van der Waals surface area (Å²) < 4.78 is 15.1. The highest BCUT2D eigenvalue weighted by molar-refractivity contribution is 5.94. The number of ether oxygens (including phenoxy) is 3. The van der Waals surface area contributed by atoms with E-state index in [2.05, 4.69) is 4.74 Å². The minimum absolute atomic E-state index is 0.0506. The topological polar surface area (TPSA) is 99.2 Å². The molecule has 0 aliphatic carbocycles. The molecule has 0 bridgehead atoms. The van der Waals surface area contributed by atoms with Crippen molar-refractivity contribution in [2.24, 2.45) is 0 Å². The maximum Gasteiger partial charge on any atom is 0.420 e. The number of rotatable bonds is 7. The number of benzene rings is 1. The smallest absolute Gasteiger partial charge is 0.420 e. The van der Waals surface area contributed by atoms with Crippen LogP contribution < -0.4 is 0 Å². The maximum absolute atomic E-state index is 12.6. The van der Waals surface area contributed by atoms with E-state index < -0.39 is 29.8 Å². The Bertz CT molecular complexity index is 652. The van der Waals surface area contributed by atoms with Crippen LogP contribution in [-0.2, 0) is 30.4 Å². The summed E-state index contributed by atoms with van der Waals surface area (Å²) in [4.78, 5) is 48.5. The van der Waals surface area contributed by atoms with Gasteiger partial charge in [0.15, 0.2) is 0 Å². The predicted molar refractivity (Wildman–Crippen MR) is 95.8 cm³/mol. The largest absolute Gasteiger partial charge is 0.467 e. The van der Waals surface area contributed by atoms with Crippen LogP contribution in [0.15, 0.2) is 30.3 Å². The summed E-state index contributed by atoms with van der Waals surface area (Å²) in [7, 11) is 1.12. The van der Waals surface area contributed by atoms with E-state index in [0.717, 1.165) is 7.11 Å². The zero-order valence-electron chi connectivity index (χ0n) is 16.0. The molecule has 1 aromatic carbocycles. The van der Waals surface area contributed by atoms with Gasteiger partial charge in [-0.1, -0.05) is 30.3 Å². The Kier molecular flexibility index (Phi) is 8.44. The van der Waals surface area contributed by atoms with Crippen molar-refractivity contribution in [3.8, 4) is 0 Å². The van der Waals surface area contributed by atoms with Crippen molar-refractivity contribution in [3.63, 3.8) is 0 Å². The lowest BCUT2D eigenvalue weighted by atomic mass is 10.1. The van der Waals surface area contributed by atoms with Gasteiger partial charge >= 0.3 is 18.2 Å². The number of amides is 2. The summed E-state index contributed by atoms with van der Waals surface area (Å²) in [5, 5.41) is 0. The molecule has 1 rings (SSSR count). The zero-order valence-corrected chi connectivity index (χ0v) is 16.0. The molecule has 1 aromatic rings. The predicted octanol–water partition coefficient (Wildman–Crippen LogP) is 3.08. The molecule has 0 unspecified atom stereocenters. The van der Waals surface area contributed by atoms with E-state index in [0.29, 0.717) is 16.7 Å². The number of esters is 1. The fourth-order valence-electron chi connectivity index (χ4n) is 2.14. The monoisotopic (exact) mass is 379 g/mol. The Morgan fingerprint density at radius 2 is 1.74 bits per heavy atom. The van der Waals surface area contributed by atoms with Crippen molar-refractivity contribution in [1.82, 2.24) is 4.90 Å². The summed E-state index contributed by atoms with van der Waals surface area (Å²) in [5.41, 5.74) is -0.196. The molecule has 0 heterocycles. The molecule has 1 atom stereocenters. The van der Waals surface area contributed by atoms with Crippen LogP contribution in [0.2, 0.25) is 0 Å². The second-order valence-corrected chi connectivity index (χ2v) is 6.67. The van der Waals surface area contributed by atoms with E-state index in [4.69, 9.17) is 9.47 Å². The van der Waals surface area contributed by atoms with Crippen LogP contribution in [0.1, 0.15) is 39.2 Å². The van der Waals surface area contributed by atoms with Gasteiger partial charge in [-0.15, -0.1) is 0 Å². The number of nitrogens with zero attached hydrogens (tertiary/aromatic N) is 1. The summed E-state index contributed by atoms with van der Waals surface area (Å²) in [6.45, 7) is 4.77. The van der Waals surface area contributed by atoms with Crippen LogP contribution in [0.25, 0.3) is 0 Å². The average Bonchev–Trinajstić information content (AvgIpc) is 2.61. The van der Waals surface area contributed by atoms with E-state index in [-0.39, 0.29) is 19.4 Å². The van der Waals surface area contributed by atoms with Gasteiger partial charge in [0.1, 0.15) is 24.5 Å². The second kappa shape index (κ2) is 10.3. The lowest BCUT2D eigenvalue weighted by Gasteiger charge is -2.29. The minimum Gasteiger partial charge on any atom is -0.467 e. The SMILES string of the molecule is COC(=O)[C@H](CCC=O)N(C(=O)OCc1ccccc1)C(=O)OC(C)(C)C. The third kappa shape index (κ3) is 7.47. The van der Waals surface area contributed by atoms with Crippen LogP contribution in [0, 0.1) is 0 Å². The molecule has 0 radical (unpaired) electrons. The Balaban J connectivity index is 3.05. The highest BCUT2D eigenvalue weighted by Crippen LogP contribution is 2.17. The van der Waals surface area contributed by atoms with Crippen LogP contribution >= 0.6 is 0 Å². The van der Waals surface area contributed by atoms with E-state index in [1.165, 1.54) is 0 Å². The third-order valence-corrected chi connectivity index (χ3v) is 3.33. The highest BCUT2D eigenvalue weighted by atomic mass is 16.6. The third-order valence-electron chi connectivity index (χ3n) is 3.33. The van der Waals surface area contributed by atoms with Crippen molar-refractivity contribution < 1.29 is 33.4 Å². The average molecular weight is 379 g/mol. The first-order valence-corrected chi connectivity index (χ1v) is 8.44. The quantitative estimate of drug-likeness (QED) is 0.408. The molecule has 0 fully saturated rings. The first kappa shape index (κ1) is 22.1. The molecular weight excluding hydrogens is 354 g/mol. The Labute approximate surface area is 158 Å². The number of hydrogen-bond donors (Lipinski definition) is 0. The lowest BCUT2D eigenvalue weighted by Crippen LogP contribution is -2.51. The highest BCUT2D eigenvalue weighted by Gasteiger charge is 2.39. The molecule has 0 aliphatic heterocycles. The Hall–Kier alpha value is -2.90. The van der Waals surface area contributed by atoms with Crippen molar-refractivity contribution in [3.05, 3.63) is 35.9 Å². The molecule has 8 heteroatoms. The second-order valence-electron chi connectivity index (χ2n) is 6.67. The molecule has 0 aromatic heterocycles. The van der Waals surface area contributed by atoms with Crippen molar-refractivity contribution in [1.29, 1.82) is 0 Å². The first-order valence-electron chi connectivity index (χ1n) is 8.44. The van der Waals surface area contributed by atoms with Crippen LogP contribution in [-0.4, -0.2) is 48.1 Å². The van der Waals surface area contributed by atoms with Gasteiger partial charge in [-0.2, -0.15) is 4.90 Å². The van der Waals surface area contributed by atoms with Crippen LogP contribution in [0.4, 0.5) is 9.59 Å². The number of carbonyl (C=O) groups is 4. The van der Waals surface area contributed by atoms with Gasteiger partial charge in [0.05, 0.1) is 7.11 Å². The number of hydrogen-bond acceptors (Lipinski definition) is 7. The van der Waals surface area contributed by atoms with Crippen molar-refractivity contribution >= 4 is 24.4 Å². The fourth-order valence-corrected chi connectivity index (χ4v) is 2.14. The standard InChI is InChI=1S/C19H25NO7/c1-19(2,3)27-18(24)20(15(11-8-12-21)16(22)25-4)17(23)26-13-14-9-6-5-7-10-14/h5-7,9-10,12,15H,8,11,13H2,1-4H3/t15-/m0/s1. The molecule has 0 aliphatic rings. The molecule has 27 heavy (non-hydrogen) atoms. The Morgan fingerprint density at radius 1 is 1.11 bits per heavy atom. The number of methoxy groups -OCH3 is 1. The maximum atomic E-state index is 12.6. The number of carbonyl (C=O) groups excluding carboxylic acids is 4. The molecule has 0 saturated heterocycles. The van der Waals surface area contributed by atoms with Gasteiger partial charge in [0.2, 0.25) is 0 Å². The van der Waals surface area contributed by atoms with Crippen molar-refractivity contribution in [2.45, 2.75) is 51.9 Å². The molecule has 148 valence electrons. The molecular formula is C19H25NO7. The summed E-state index contributed by atoms with van der Waals surface area (Å²) in [6, 6.07) is 7.51. The van der Waals surface area contributed by atoms with Crippen LogP contribution in [0.5, 0.6) is 0 Å². The molecule has 0 spiro atoms. The first-order chi connectivity index (χ1) is 12.7. The Morgan fingerprint density at radius 3 is 2.26 bits per heavy atom.